The van der Waals surface area contributed by atoms with Crippen LogP contribution in [0, 0.1) is 6.92 Å². The van der Waals surface area contributed by atoms with Crippen molar-refractivity contribution in [1.29, 1.82) is 0 Å². The highest BCUT2D eigenvalue weighted by Gasteiger charge is 2.28. The minimum Gasteiger partial charge on any atom is -0.497 e. The number of thiophene rings is 1. The van der Waals surface area contributed by atoms with Crippen molar-refractivity contribution >= 4 is 55.0 Å². The van der Waals surface area contributed by atoms with Gasteiger partial charge in [-0.2, -0.15) is 0 Å². The summed E-state index contributed by atoms with van der Waals surface area (Å²) in [6.07, 6.45) is 0.268. The summed E-state index contributed by atoms with van der Waals surface area (Å²) >= 11 is 4.68. The molecular formula is C20H20BrN3O3S. The van der Waals surface area contributed by atoms with Crippen LogP contribution in [0.2, 0.25) is 0 Å². The molecule has 8 heteroatoms. The van der Waals surface area contributed by atoms with Crippen LogP contribution in [0.4, 0.5) is 5.82 Å². The summed E-state index contributed by atoms with van der Waals surface area (Å²) in [6.45, 7) is 4.15. The summed E-state index contributed by atoms with van der Waals surface area (Å²) < 4.78 is 5.17. The van der Waals surface area contributed by atoms with Crippen LogP contribution in [0.1, 0.15) is 34.3 Å². The average molecular weight is 462 g/mol. The zero-order valence-corrected chi connectivity index (χ0v) is 18.2. The van der Waals surface area contributed by atoms with Crippen molar-refractivity contribution in [1.82, 2.24) is 9.97 Å². The first-order valence-electron chi connectivity index (χ1n) is 8.79. The van der Waals surface area contributed by atoms with Crippen LogP contribution in [-0.4, -0.2) is 33.5 Å². The molecule has 1 atom stereocenters. The van der Waals surface area contributed by atoms with Crippen LogP contribution in [0.5, 0.6) is 5.75 Å². The normalized spacial score (nSPS) is 12.0. The Hall–Kier alpha value is -2.32. The highest BCUT2D eigenvalue weighted by molar-refractivity contribution is 9.10. The zero-order chi connectivity index (χ0) is 20.3. The average Bonchev–Trinajstić information content (AvgIpc) is 3.08. The number of halogens is 1. The van der Waals surface area contributed by atoms with E-state index in [1.54, 1.807) is 14.0 Å². The molecule has 2 heterocycles. The molecule has 6 nitrogen and oxygen atoms in total. The number of nitrogens with one attached hydrogen (secondary N) is 1. The summed E-state index contributed by atoms with van der Waals surface area (Å²) in [6, 6.07) is 9.54. The van der Waals surface area contributed by atoms with Gasteiger partial charge in [-0.25, -0.2) is 9.97 Å². The van der Waals surface area contributed by atoms with Crippen LogP contribution in [0.25, 0.3) is 10.3 Å². The number of hydrogen-bond donors (Lipinski definition) is 1. The first-order valence-corrected chi connectivity index (χ1v) is 10.5. The fraction of sp³-hybridized carbons (Fsp3) is 0.300. The number of alkyl halides is 1. The minimum absolute atomic E-state index is 0.173. The van der Waals surface area contributed by atoms with Gasteiger partial charge in [0.15, 0.2) is 17.3 Å². The molecule has 3 rings (SSSR count). The summed E-state index contributed by atoms with van der Waals surface area (Å²) in [4.78, 5) is 34.8. The molecule has 1 N–H and O–H groups in total. The van der Waals surface area contributed by atoms with E-state index in [1.807, 2.05) is 37.3 Å². The molecule has 28 heavy (non-hydrogen) atoms. The lowest BCUT2D eigenvalue weighted by Crippen LogP contribution is -2.26. The van der Waals surface area contributed by atoms with E-state index < -0.39 is 4.83 Å². The van der Waals surface area contributed by atoms with Gasteiger partial charge in [0.2, 0.25) is 5.78 Å². The molecule has 0 bridgehead atoms. The number of ketones is 2. The maximum atomic E-state index is 12.9. The highest BCUT2D eigenvalue weighted by atomic mass is 79.9. The van der Waals surface area contributed by atoms with Crippen molar-refractivity contribution in [3.63, 3.8) is 0 Å². The van der Waals surface area contributed by atoms with Gasteiger partial charge in [-0.3, -0.25) is 9.59 Å². The first-order chi connectivity index (χ1) is 13.4. The topological polar surface area (TPSA) is 81.2 Å². The van der Waals surface area contributed by atoms with E-state index in [2.05, 4.69) is 31.2 Å². The van der Waals surface area contributed by atoms with Gasteiger partial charge >= 0.3 is 0 Å². The van der Waals surface area contributed by atoms with Gasteiger partial charge in [0.1, 0.15) is 20.9 Å². The van der Waals surface area contributed by atoms with Crippen LogP contribution >= 0.6 is 27.3 Å². The van der Waals surface area contributed by atoms with Crippen LogP contribution < -0.4 is 10.1 Å². The Balaban J connectivity index is 1.93. The van der Waals surface area contributed by atoms with E-state index in [9.17, 15) is 9.59 Å². The predicted molar refractivity (Wildman–Crippen MR) is 115 cm³/mol. The fourth-order valence-corrected chi connectivity index (χ4v) is 4.01. The van der Waals surface area contributed by atoms with Crippen molar-refractivity contribution in [2.75, 3.05) is 12.4 Å². The molecular weight excluding hydrogens is 442 g/mol. The Labute approximate surface area is 175 Å². The Morgan fingerprint density at radius 2 is 1.96 bits per heavy atom. The molecule has 0 spiro atoms. The number of ether oxygens (including phenoxy) is 1. The smallest absolute Gasteiger partial charge is 0.206 e. The molecule has 0 saturated heterocycles. The monoisotopic (exact) mass is 461 g/mol. The van der Waals surface area contributed by atoms with E-state index in [4.69, 9.17) is 4.74 Å². The summed E-state index contributed by atoms with van der Waals surface area (Å²) in [7, 11) is 1.62. The number of fused-ring (bicyclic) bond motifs is 1. The standard InChI is InChI=1S/C20H20BrN3O3S/c1-4-15(25)16(21)18(26)17-19(23-14-9-11(2)28-20(14)24-17)22-10-12-5-7-13(27-3)8-6-12/h5-9,16H,4,10H2,1-3H3,(H,22,23). The molecule has 3 aromatic rings. The Morgan fingerprint density at radius 1 is 1.25 bits per heavy atom. The third-order valence-corrected chi connectivity index (χ3v) is 6.06. The van der Waals surface area contributed by atoms with Crippen LogP contribution in [0.3, 0.4) is 0 Å². The van der Waals surface area contributed by atoms with Gasteiger partial charge in [0.05, 0.1) is 7.11 Å². The molecule has 0 radical (unpaired) electrons. The number of hydrogen-bond acceptors (Lipinski definition) is 7. The summed E-state index contributed by atoms with van der Waals surface area (Å²) in [5.41, 5.74) is 1.90. The predicted octanol–water partition coefficient (Wildman–Crippen LogP) is 4.55. The number of methoxy groups -OCH3 is 1. The number of aromatic nitrogens is 2. The summed E-state index contributed by atoms with van der Waals surface area (Å²) in [5.74, 6) is 0.578. The maximum Gasteiger partial charge on any atom is 0.206 e. The van der Waals surface area contributed by atoms with Gasteiger partial charge in [-0.05, 0) is 30.7 Å². The molecule has 0 amide bonds. The molecule has 1 aromatic carbocycles. The molecule has 0 saturated carbocycles. The van der Waals surface area contributed by atoms with E-state index >= 15 is 0 Å². The van der Waals surface area contributed by atoms with E-state index in [0.717, 1.165) is 21.7 Å². The number of benzene rings is 1. The Morgan fingerprint density at radius 3 is 2.61 bits per heavy atom. The number of anilines is 1. The number of aryl methyl sites for hydroxylation is 1. The van der Waals surface area contributed by atoms with Crippen LogP contribution in [0.15, 0.2) is 30.3 Å². The second kappa shape index (κ2) is 8.79. The second-order valence-electron chi connectivity index (χ2n) is 6.22. The Kier molecular flexibility index (Phi) is 6.41. The number of rotatable bonds is 8. The number of nitrogens with zero attached hydrogens (tertiary/aromatic N) is 2. The summed E-state index contributed by atoms with van der Waals surface area (Å²) in [5, 5.41) is 3.20. The number of carbonyl (C=O) groups excluding carboxylic acids is 2. The third-order valence-electron chi connectivity index (χ3n) is 4.20. The Bertz CT molecular complexity index is 1020. The van der Waals surface area contributed by atoms with Crippen molar-refractivity contribution in [2.45, 2.75) is 31.6 Å². The van der Waals surface area contributed by atoms with Crippen molar-refractivity contribution in [3.05, 3.63) is 46.5 Å². The van der Waals surface area contributed by atoms with E-state index in [0.29, 0.717) is 17.2 Å². The molecule has 0 aliphatic carbocycles. The molecule has 146 valence electrons. The SMILES string of the molecule is CCC(=O)C(Br)C(=O)c1nc2sc(C)cc2nc1NCc1ccc(OC)cc1. The first kappa shape index (κ1) is 20.4. The number of carbonyl (C=O) groups is 2. The van der Waals surface area contributed by atoms with E-state index in [1.165, 1.54) is 11.3 Å². The highest BCUT2D eigenvalue weighted by Crippen LogP contribution is 2.27. The molecule has 1 unspecified atom stereocenters. The van der Waals surface area contributed by atoms with Gasteiger partial charge in [-0.15, -0.1) is 11.3 Å². The van der Waals surface area contributed by atoms with Crippen molar-refractivity contribution in [3.8, 4) is 5.75 Å². The lowest BCUT2D eigenvalue weighted by atomic mass is 10.1. The van der Waals surface area contributed by atoms with E-state index in [-0.39, 0.29) is 23.7 Å². The zero-order valence-electron chi connectivity index (χ0n) is 15.8. The van der Waals surface area contributed by atoms with Gasteiger partial charge in [0, 0.05) is 17.8 Å². The van der Waals surface area contributed by atoms with Crippen molar-refractivity contribution < 1.29 is 14.3 Å². The molecule has 2 aromatic heterocycles. The van der Waals surface area contributed by atoms with Crippen molar-refractivity contribution in [2.24, 2.45) is 0 Å². The lowest BCUT2D eigenvalue weighted by molar-refractivity contribution is -0.117. The molecule has 0 fully saturated rings. The van der Waals surface area contributed by atoms with Crippen LogP contribution in [-0.2, 0) is 11.3 Å². The van der Waals surface area contributed by atoms with Gasteiger partial charge < -0.3 is 10.1 Å². The minimum atomic E-state index is -0.924. The fourth-order valence-electron chi connectivity index (χ4n) is 2.65. The third kappa shape index (κ3) is 4.39. The quantitative estimate of drug-likeness (QED) is 0.301. The number of Topliss-reactive ketones (excluding diaryl/α,β-unsaturated/α-hetero) is 2. The second-order valence-corrected chi connectivity index (χ2v) is 8.37. The maximum absolute atomic E-state index is 12.9. The van der Waals surface area contributed by atoms with Gasteiger partial charge in [-0.1, -0.05) is 35.0 Å². The molecule has 0 aliphatic rings. The van der Waals surface area contributed by atoms with Gasteiger partial charge in [0.25, 0.3) is 0 Å². The molecule has 0 aliphatic heterocycles. The largest absolute Gasteiger partial charge is 0.497 e. The lowest BCUT2D eigenvalue weighted by Gasteiger charge is -2.12.